The van der Waals surface area contributed by atoms with E-state index >= 15 is 0 Å². The monoisotopic (exact) mass is 418 g/mol. The molecule has 5 rings (SSSR count). The van der Waals surface area contributed by atoms with Crippen molar-refractivity contribution in [1.29, 1.82) is 0 Å². The topological polar surface area (TPSA) is 79.7 Å². The first-order valence-corrected chi connectivity index (χ1v) is 9.39. The maximum atomic E-state index is 13.1. The quantitative estimate of drug-likeness (QED) is 0.709. The van der Waals surface area contributed by atoms with Gasteiger partial charge in [-0.2, -0.15) is 5.10 Å². The zero-order valence-electron chi connectivity index (χ0n) is 15.9. The van der Waals surface area contributed by atoms with Crippen LogP contribution < -0.4 is 10.3 Å². The van der Waals surface area contributed by atoms with E-state index in [1.807, 2.05) is 0 Å². The van der Waals surface area contributed by atoms with Crippen molar-refractivity contribution in [2.75, 3.05) is 13.1 Å². The van der Waals surface area contributed by atoms with Crippen molar-refractivity contribution in [3.63, 3.8) is 0 Å². The molecule has 2 aromatic heterocycles. The number of fused-ring (bicyclic) bond motifs is 2. The number of benzene rings is 1. The molecule has 3 heterocycles. The summed E-state index contributed by atoms with van der Waals surface area (Å²) in [5.41, 5.74) is 1.38. The van der Waals surface area contributed by atoms with Gasteiger partial charge in [-0.25, -0.2) is 4.52 Å². The fourth-order valence-corrected chi connectivity index (χ4v) is 4.53. The summed E-state index contributed by atoms with van der Waals surface area (Å²) in [7, 11) is 0. The minimum atomic E-state index is -4.73. The maximum Gasteiger partial charge on any atom is 0.573 e. The number of ether oxygens (including phenoxy) is 1. The average molecular weight is 418 g/mol. The third kappa shape index (κ3) is 2.86. The van der Waals surface area contributed by atoms with Crippen molar-refractivity contribution >= 4 is 11.4 Å². The van der Waals surface area contributed by atoms with Crippen LogP contribution >= 0.6 is 0 Å². The van der Waals surface area contributed by atoms with Crippen LogP contribution in [0.2, 0.25) is 0 Å². The lowest BCUT2D eigenvalue weighted by Gasteiger charge is -2.21. The highest BCUT2D eigenvalue weighted by Gasteiger charge is 2.61. The van der Waals surface area contributed by atoms with Gasteiger partial charge in [0.1, 0.15) is 11.3 Å². The van der Waals surface area contributed by atoms with Crippen molar-refractivity contribution in [1.82, 2.24) is 19.5 Å². The number of aromatic amines is 1. The number of carbonyl (C=O) groups excluding carboxylic acids is 1. The number of aromatic nitrogens is 3. The Hall–Kier alpha value is -3.30. The van der Waals surface area contributed by atoms with Gasteiger partial charge in [-0.15, -0.1) is 13.2 Å². The molecular formula is C20H17F3N4O3. The van der Waals surface area contributed by atoms with Crippen molar-refractivity contribution in [3.8, 4) is 5.75 Å². The van der Waals surface area contributed by atoms with Gasteiger partial charge in [0, 0.05) is 24.7 Å². The number of rotatable bonds is 3. The molecule has 2 aliphatic rings. The van der Waals surface area contributed by atoms with Gasteiger partial charge in [-0.1, -0.05) is 12.1 Å². The van der Waals surface area contributed by atoms with Gasteiger partial charge >= 0.3 is 6.36 Å². The van der Waals surface area contributed by atoms with Crippen LogP contribution in [0.25, 0.3) is 5.52 Å². The second-order valence-corrected chi connectivity index (χ2v) is 7.89. The second-order valence-electron chi connectivity index (χ2n) is 7.89. The largest absolute Gasteiger partial charge is 0.573 e. The molecule has 3 aromatic rings. The fraction of sp³-hybridized carbons (Fsp3) is 0.350. The van der Waals surface area contributed by atoms with Crippen LogP contribution in [0.15, 0.2) is 41.5 Å². The van der Waals surface area contributed by atoms with Crippen LogP contribution in [-0.2, 0) is 5.41 Å². The van der Waals surface area contributed by atoms with Crippen LogP contribution in [0.3, 0.4) is 0 Å². The summed E-state index contributed by atoms with van der Waals surface area (Å²) in [6.45, 7) is 2.74. The van der Waals surface area contributed by atoms with E-state index in [1.165, 1.54) is 29.0 Å². The summed E-state index contributed by atoms with van der Waals surface area (Å²) < 4.78 is 42.5. The zero-order chi connectivity index (χ0) is 21.3. The Bertz CT molecular complexity index is 1210. The van der Waals surface area contributed by atoms with E-state index < -0.39 is 6.36 Å². The first-order valence-electron chi connectivity index (χ1n) is 9.39. The summed E-state index contributed by atoms with van der Waals surface area (Å²) in [4.78, 5) is 29.6. The number of nitrogens with one attached hydrogen (secondary N) is 1. The predicted octanol–water partition coefficient (Wildman–Crippen LogP) is 2.64. The molecule has 30 heavy (non-hydrogen) atoms. The molecule has 0 bridgehead atoms. The number of H-pyrrole nitrogens is 1. The third-order valence-electron chi connectivity index (χ3n) is 6.06. The number of likely N-dealkylation sites (tertiary alicyclic amines) is 1. The molecule has 2 fully saturated rings. The molecule has 1 N–H and O–H groups in total. The van der Waals surface area contributed by atoms with E-state index in [9.17, 15) is 22.8 Å². The highest BCUT2D eigenvalue weighted by molar-refractivity contribution is 6.00. The molecule has 10 heteroatoms. The Labute approximate surface area is 168 Å². The van der Waals surface area contributed by atoms with Crippen LogP contribution in [0.4, 0.5) is 13.2 Å². The smallest absolute Gasteiger partial charge is 0.406 e. The first-order chi connectivity index (χ1) is 14.2. The van der Waals surface area contributed by atoms with E-state index in [0.29, 0.717) is 18.8 Å². The molecule has 1 aromatic carbocycles. The Kier molecular flexibility index (Phi) is 3.80. The third-order valence-corrected chi connectivity index (χ3v) is 6.06. The van der Waals surface area contributed by atoms with Crippen molar-refractivity contribution in [3.05, 3.63) is 63.8 Å². The molecule has 2 unspecified atom stereocenters. The average Bonchev–Trinajstić information content (AvgIpc) is 3.04. The lowest BCUT2D eigenvalue weighted by Crippen LogP contribution is -2.33. The number of alkyl halides is 3. The lowest BCUT2D eigenvalue weighted by atomic mass is 9.95. The van der Waals surface area contributed by atoms with Crippen LogP contribution in [0, 0.1) is 12.8 Å². The molecule has 1 aliphatic heterocycles. The summed E-state index contributed by atoms with van der Waals surface area (Å²) in [5, 5.41) is 4.16. The molecule has 0 spiro atoms. The van der Waals surface area contributed by atoms with E-state index in [4.69, 9.17) is 0 Å². The van der Waals surface area contributed by atoms with Gasteiger partial charge < -0.3 is 14.6 Å². The number of hydrogen-bond acceptors (Lipinski definition) is 4. The van der Waals surface area contributed by atoms with Gasteiger partial charge in [0.25, 0.3) is 11.5 Å². The van der Waals surface area contributed by atoms with Crippen molar-refractivity contribution in [2.24, 2.45) is 5.92 Å². The van der Waals surface area contributed by atoms with Gasteiger partial charge in [0.2, 0.25) is 0 Å². The van der Waals surface area contributed by atoms with E-state index in [0.717, 1.165) is 12.0 Å². The highest BCUT2D eigenvalue weighted by Crippen LogP contribution is 2.59. The Morgan fingerprint density at radius 3 is 2.73 bits per heavy atom. The van der Waals surface area contributed by atoms with E-state index in [1.54, 1.807) is 24.0 Å². The first kappa shape index (κ1) is 18.7. The van der Waals surface area contributed by atoms with Gasteiger partial charge in [-0.05, 0) is 37.0 Å². The summed E-state index contributed by atoms with van der Waals surface area (Å²) in [5.74, 6) is -0.311. The van der Waals surface area contributed by atoms with Gasteiger partial charge in [0.15, 0.2) is 0 Å². The van der Waals surface area contributed by atoms with Crippen LogP contribution in [0.5, 0.6) is 5.75 Å². The lowest BCUT2D eigenvalue weighted by molar-refractivity contribution is -0.274. The molecule has 2 atom stereocenters. The highest BCUT2D eigenvalue weighted by atomic mass is 19.4. The number of hydrogen-bond donors (Lipinski definition) is 1. The Morgan fingerprint density at radius 2 is 2.03 bits per heavy atom. The molecular weight excluding hydrogens is 401 g/mol. The minimum Gasteiger partial charge on any atom is -0.406 e. The summed E-state index contributed by atoms with van der Waals surface area (Å²) >= 11 is 0. The number of piperidine rings is 1. The number of amides is 1. The SMILES string of the molecule is Cc1c[nH]c(=O)c2c(C(=O)N3CC4CC4(c4ccc(OC(F)(F)F)cc4)C3)cnn12. The van der Waals surface area contributed by atoms with Crippen LogP contribution in [0.1, 0.15) is 28.0 Å². The molecule has 7 nitrogen and oxygen atoms in total. The van der Waals surface area contributed by atoms with Crippen LogP contribution in [-0.4, -0.2) is 44.9 Å². The Morgan fingerprint density at radius 1 is 1.30 bits per heavy atom. The summed E-state index contributed by atoms with van der Waals surface area (Å²) in [6, 6.07) is 5.84. The molecule has 156 valence electrons. The van der Waals surface area contributed by atoms with Gasteiger partial charge in [-0.3, -0.25) is 9.59 Å². The van der Waals surface area contributed by atoms with E-state index in [2.05, 4.69) is 14.8 Å². The predicted molar refractivity (Wildman–Crippen MR) is 99.4 cm³/mol. The fourth-order valence-electron chi connectivity index (χ4n) is 4.53. The molecule has 0 radical (unpaired) electrons. The Balaban J connectivity index is 1.38. The van der Waals surface area contributed by atoms with E-state index in [-0.39, 0.29) is 39.6 Å². The van der Waals surface area contributed by atoms with Gasteiger partial charge in [0.05, 0.1) is 17.5 Å². The molecule has 1 saturated heterocycles. The summed E-state index contributed by atoms with van der Waals surface area (Å²) in [6.07, 6.45) is -0.934. The number of halogens is 3. The molecule has 1 saturated carbocycles. The van der Waals surface area contributed by atoms with Crippen molar-refractivity contribution < 1.29 is 22.7 Å². The maximum absolute atomic E-state index is 13.1. The second kappa shape index (κ2) is 6.10. The standard InChI is InChI=1S/C20H17F3N4O3/c1-11-7-24-17(28)16-15(8-25-27(11)16)18(29)26-9-13-6-19(13,10-26)12-2-4-14(5-3-12)30-20(21,22)23/h2-5,7-8,13H,6,9-10H2,1H3,(H,24,28). The number of nitrogens with zero attached hydrogens (tertiary/aromatic N) is 3. The normalized spacial score (nSPS) is 22.9. The number of aryl methyl sites for hydroxylation is 1. The molecule has 1 amide bonds. The number of carbonyl (C=O) groups is 1. The zero-order valence-corrected chi connectivity index (χ0v) is 15.9. The molecule has 1 aliphatic carbocycles. The van der Waals surface area contributed by atoms with Crippen molar-refractivity contribution in [2.45, 2.75) is 25.1 Å². The minimum absolute atomic E-state index is 0.211.